The van der Waals surface area contributed by atoms with E-state index in [2.05, 4.69) is 19.2 Å². The van der Waals surface area contributed by atoms with Crippen molar-refractivity contribution >= 4 is 11.8 Å². The van der Waals surface area contributed by atoms with Crippen molar-refractivity contribution in [1.29, 1.82) is 0 Å². The van der Waals surface area contributed by atoms with E-state index in [0.717, 1.165) is 32.1 Å². The van der Waals surface area contributed by atoms with E-state index in [0.29, 0.717) is 0 Å². The Morgan fingerprint density at radius 2 is 1.85 bits per heavy atom. The van der Waals surface area contributed by atoms with Crippen molar-refractivity contribution in [2.24, 2.45) is 5.41 Å². The topological polar surface area (TPSA) is 49.4 Å². The Balaban J connectivity index is 2.42. The Labute approximate surface area is 122 Å². The second kappa shape index (κ2) is 5.05. The van der Waals surface area contributed by atoms with Crippen LogP contribution < -0.4 is 5.32 Å². The van der Waals surface area contributed by atoms with Crippen LogP contribution in [0.3, 0.4) is 0 Å². The largest absolute Gasteiger partial charge is 0.342 e. The molecular formula is C16H28N2O2. The standard InChI is InChI=1S/C16H28N2O2/c1-6-11(2)18-13(19)12(15(3,4)5)17-14(20)16(18)9-7-8-10-16/h11-12H,6-10H2,1-5H3,(H,17,20). The van der Waals surface area contributed by atoms with Gasteiger partial charge in [0.25, 0.3) is 0 Å². The van der Waals surface area contributed by atoms with Crippen LogP contribution in [0.5, 0.6) is 0 Å². The summed E-state index contributed by atoms with van der Waals surface area (Å²) in [7, 11) is 0. The second-order valence-electron chi connectivity index (χ2n) is 7.48. The van der Waals surface area contributed by atoms with E-state index in [4.69, 9.17) is 0 Å². The van der Waals surface area contributed by atoms with Crippen LogP contribution in [-0.2, 0) is 9.59 Å². The quantitative estimate of drug-likeness (QED) is 0.844. The van der Waals surface area contributed by atoms with E-state index < -0.39 is 11.6 Å². The van der Waals surface area contributed by atoms with Gasteiger partial charge in [-0.25, -0.2) is 0 Å². The molecule has 1 N–H and O–H groups in total. The van der Waals surface area contributed by atoms with Crippen molar-refractivity contribution < 1.29 is 9.59 Å². The summed E-state index contributed by atoms with van der Waals surface area (Å²) in [6.45, 7) is 10.2. The van der Waals surface area contributed by atoms with Crippen molar-refractivity contribution in [2.45, 2.75) is 84.3 Å². The zero-order valence-electron chi connectivity index (χ0n) is 13.5. The Hall–Kier alpha value is -1.06. The maximum atomic E-state index is 13.0. The third kappa shape index (κ3) is 2.23. The number of nitrogens with zero attached hydrogens (tertiary/aromatic N) is 1. The van der Waals surface area contributed by atoms with E-state index >= 15 is 0 Å². The first-order chi connectivity index (χ1) is 9.24. The van der Waals surface area contributed by atoms with Gasteiger partial charge in [0, 0.05) is 6.04 Å². The van der Waals surface area contributed by atoms with Crippen LogP contribution in [0.4, 0.5) is 0 Å². The lowest BCUT2D eigenvalue weighted by Gasteiger charge is -2.51. The predicted octanol–water partition coefficient (Wildman–Crippen LogP) is 2.47. The molecule has 1 saturated carbocycles. The first-order valence-electron chi connectivity index (χ1n) is 7.88. The molecule has 4 nitrogen and oxygen atoms in total. The van der Waals surface area contributed by atoms with E-state index in [1.165, 1.54) is 0 Å². The number of hydrogen-bond acceptors (Lipinski definition) is 2. The summed E-state index contributed by atoms with van der Waals surface area (Å²) in [6.07, 6.45) is 4.58. The molecule has 0 bridgehead atoms. The first kappa shape index (κ1) is 15.3. The molecule has 2 amide bonds. The molecule has 1 saturated heterocycles. The van der Waals surface area contributed by atoms with Gasteiger partial charge in [-0.3, -0.25) is 9.59 Å². The van der Waals surface area contributed by atoms with Gasteiger partial charge in [-0.2, -0.15) is 0 Å². The summed E-state index contributed by atoms with van der Waals surface area (Å²) >= 11 is 0. The van der Waals surface area contributed by atoms with Gasteiger partial charge in [0.1, 0.15) is 11.6 Å². The number of amides is 2. The molecule has 0 aromatic heterocycles. The summed E-state index contributed by atoms with van der Waals surface area (Å²) < 4.78 is 0. The average Bonchev–Trinajstić information content (AvgIpc) is 2.82. The van der Waals surface area contributed by atoms with Crippen LogP contribution in [-0.4, -0.2) is 34.3 Å². The molecule has 2 unspecified atom stereocenters. The molecule has 2 rings (SSSR count). The van der Waals surface area contributed by atoms with Gasteiger partial charge >= 0.3 is 0 Å². The van der Waals surface area contributed by atoms with E-state index in [1.807, 2.05) is 25.7 Å². The van der Waals surface area contributed by atoms with Gasteiger partial charge in [-0.05, 0) is 31.6 Å². The molecule has 2 atom stereocenters. The number of piperazine rings is 1. The fourth-order valence-corrected chi connectivity index (χ4v) is 3.62. The minimum absolute atomic E-state index is 0.0647. The van der Waals surface area contributed by atoms with E-state index in [9.17, 15) is 9.59 Å². The molecule has 0 aromatic carbocycles. The van der Waals surface area contributed by atoms with Gasteiger partial charge in [0.15, 0.2) is 0 Å². The van der Waals surface area contributed by atoms with Crippen molar-refractivity contribution in [3.63, 3.8) is 0 Å². The average molecular weight is 280 g/mol. The lowest BCUT2D eigenvalue weighted by Crippen LogP contribution is -2.73. The van der Waals surface area contributed by atoms with Crippen LogP contribution in [0.2, 0.25) is 0 Å². The van der Waals surface area contributed by atoms with Crippen molar-refractivity contribution in [2.75, 3.05) is 0 Å². The zero-order valence-corrected chi connectivity index (χ0v) is 13.5. The molecule has 4 heteroatoms. The second-order valence-corrected chi connectivity index (χ2v) is 7.48. The highest BCUT2D eigenvalue weighted by molar-refractivity contribution is 6.00. The summed E-state index contributed by atoms with van der Waals surface area (Å²) in [5.41, 5.74) is -0.826. The minimum Gasteiger partial charge on any atom is -0.342 e. The maximum Gasteiger partial charge on any atom is 0.246 e. The van der Waals surface area contributed by atoms with Crippen molar-refractivity contribution in [1.82, 2.24) is 10.2 Å². The highest BCUT2D eigenvalue weighted by atomic mass is 16.2. The normalized spacial score (nSPS) is 27.9. The molecule has 1 heterocycles. The molecule has 1 aliphatic carbocycles. The summed E-state index contributed by atoms with van der Waals surface area (Å²) in [4.78, 5) is 27.7. The molecule has 1 aliphatic heterocycles. The van der Waals surface area contributed by atoms with Crippen LogP contribution >= 0.6 is 0 Å². The Morgan fingerprint density at radius 3 is 2.30 bits per heavy atom. The van der Waals surface area contributed by atoms with Crippen molar-refractivity contribution in [3.8, 4) is 0 Å². The molecule has 2 aliphatic rings. The lowest BCUT2D eigenvalue weighted by atomic mass is 9.79. The van der Waals surface area contributed by atoms with Crippen LogP contribution in [0.1, 0.15) is 66.7 Å². The zero-order chi connectivity index (χ0) is 15.1. The number of hydrogen-bond donors (Lipinski definition) is 1. The number of rotatable bonds is 2. The Kier molecular flexibility index (Phi) is 3.87. The number of carbonyl (C=O) groups is 2. The Morgan fingerprint density at radius 1 is 1.30 bits per heavy atom. The van der Waals surface area contributed by atoms with Gasteiger partial charge in [-0.1, -0.05) is 40.5 Å². The summed E-state index contributed by atoms with van der Waals surface area (Å²) in [5.74, 6) is 0.170. The molecular weight excluding hydrogens is 252 g/mol. The molecule has 0 radical (unpaired) electrons. The maximum absolute atomic E-state index is 13.0. The van der Waals surface area contributed by atoms with Gasteiger partial charge in [0.05, 0.1) is 0 Å². The van der Waals surface area contributed by atoms with Gasteiger partial charge < -0.3 is 10.2 Å². The molecule has 1 spiro atoms. The monoisotopic (exact) mass is 280 g/mol. The molecule has 114 valence electrons. The number of nitrogens with one attached hydrogen (secondary N) is 1. The molecule has 0 aromatic rings. The summed E-state index contributed by atoms with van der Waals surface area (Å²) in [6, 6.07) is -0.285. The van der Waals surface area contributed by atoms with Crippen LogP contribution in [0, 0.1) is 5.41 Å². The predicted molar refractivity (Wildman–Crippen MR) is 79.2 cm³/mol. The SMILES string of the molecule is CCC(C)N1C(=O)C(C(C)(C)C)NC(=O)C12CCCC2. The fourth-order valence-electron chi connectivity index (χ4n) is 3.62. The highest BCUT2D eigenvalue weighted by Crippen LogP contribution is 2.41. The molecule has 20 heavy (non-hydrogen) atoms. The minimum atomic E-state index is -0.575. The van der Waals surface area contributed by atoms with Crippen molar-refractivity contribution in [3.05, 3.63) is 0 Å². The molecule has 2 fully saturated rings. The van der Waals surface area contributed by atoms with E-state index in [1.54, 1.807) is 0 Å². The number of carbonyl (C=O) groups excluding carboxylic acids is 2. The first-order valence-corrected chi connectivity index (χ1v) is 7.88. The van der Waals surface area contributed by atoms with Crippen LogP contribution in [0.15, 0.2) is 0 Å². The highest BCUT2D eigenvalue weighted by Gasteiger charge is 2.56. The smallest absolute Gasteiger partial charge is 0.246 e. The summed E-state index contributed by atoms with van der Waals surface area (Å²) in [5, 5.41) is 3.02. The fraction of sp³-hybridized carbons (Fsp3) is 0.875. The van der Waals surface area contributed by atoms with Crippen LogP contribution in [0.25, 0.3) is 0 Å². The van der Waals surface area contributed by atoms with Gasteiger partial charge in [0.2, 0.25) is 11.8 Å². The third-order valence-electron chi connectivity index (χ3n) is 4.97. The lowest BCUT2D eigenvalue weighted by molar-refractivity contribution is -0.163. The van der Waals surface area contributed by atoms with Gasteiger partial charge in [-0.15, -0.1) is 0 Å². The third-order valence-corrected chi connectivity index (χ3v) is 4.97. The van der Waals surface area contributed by atoms with E-state index in [-0.39, 0.29) is 23.3 Å². The Bertz CT molecular complexity index is 405.